The maximum atomic E-state index is 11.8. The highest BCUT2D eigenvalue weighted by molar-refractivity contribution is 7.99. The molecular weight excluding hydrogens is 246 g/mol. The molecule has 0 heterocycles. The minimum atomic E-state index is -0.231. The number of hydrogen-bond acceptors (Lipinski definition) is 4. The molecular formula is C14H21NO2S. The number of ether oxygens (including phenoxy) is 1. The molecule has 1 rings (SSSR count). The van der Waals surface area contributed by atoms with Crippen molar-refractivity contribution < 1.29 is 9.53 Å². The number of nitrogens with one attached hydrogen (secondary N) is 1. The van der Waals surface area contributed by atoms with Crippen LogP contribution in [-0.4, -0.2) is 37.7 Å². The van der Waals surface area contributed by atoms with Crippen LogP contribution in [0.4, 0.5) is 0 Å². The van der Waals surface area contributed by atoms with Gasteiger partial charge in [-0.2, -0.15) is 11.8 Å². The van der Waals surface area contributed by atoms with Gasteiger partial charge in [0.25, 0.3) is 0 Å². The van der Waals surface area contributed by atoms with Crippen LogP contribution >= 0.6 is 11.8 Å². The third-order valence-electron chi connectivity index (χ3n) is 2.87. The van der Waals surface area contributed by atoms with Gasteiger partial charge in [0.2, 0.25) is 0 Å². The lowest BCUT2D eigenvalue weighted by molar-refractivity contribution is -0.142. The summed E-state index contributed by atoms with van der Waals surface area (Å²) in [6.07, 6.45) is 2.08. The van der Waals surface area contributed by atoms with Gasteiger partial charge in [0.15, 0.2) is 0 Å². The maximum absolute atomic E-state index is 11.8. The number of hydrogen-bond donors (Lipinski definition) is 1. The van der Waals surface area contributed by atoms with Crippen LogP contribution in [0.5, 0.6) is 0 Å². The van der Waals surface area contributed by atoms with Crippen LogP contribution in [-0.2, 0) is 9.53 Å². The van der Waals surface area contributed by atoms with Gasteiger partial charge < -0.3 is 10.1 Å². The van der Waals surface area contributed by atoms with E-state index >= 15 is 0 Å². The molecule has 1 aromatic carbocycles. The van der Waals surface area contributed by atoms with Gasteiger partial charge in [-0.05, 0) is 11.8 Å². The number of thioether (sulfide) groups is 1. The topological polar surface area (TPSA) is 38.3 Å². The molecule has 3 nitrogen and oxygen atoms in total. The second-order valence-corrected chi connectivity index (χ2v) is 5.47. The fraction of sp³-hybridized carbons (Fsp3) is 0.500. The van der Waals surface area contributed by atoms with Gasteiger partial charge in [-0.1, -0.05) is 37.3 Å². The molecule has 0 amide bonds. The van der Waals surface area contributed by atoms with Gasteiger partial charge in [-0.15, -0.1) is 0 Å². The van der Waals surface area contributed by atoms with Gasteiger partial charge >= 0.3 is 5.97 Å². The first-order chi connectivity index (χ1) is 8.69. The molecule has 0 spiro atoms. The van der Waals surface area contributed by atoms with Crippen molar-refractivity contribution >= 4 is 17.7 Å². The van der Waals surface area contributed by atoms with Crippen molar-refractivity contribution in [1.29, 1.82) is 0 Å². The predicted molar refractivity (Wildman–Crippen MR) is 77.0 cm³/mol. The van der Waals surface area contributed by atoms with Crippen molar-refractivity contribution in [3.05, 3.63) is 35.9 Å². The molecule has 0 aliphatic rings. The summed E-state index contributed by atoms with van der Waals surface area (Å²) in [5.74, 6) is -0.421. The second-order valence-electron chi connectivity index (χ2n) is 4.19. The summed E-state index contributed by atoms with van der Waals surface area (Å²) in [4.78, 5) is 11.8. The van der Waals surface area contributed by atoms with Crippen molar-refractivity contribution in [1.82, 2.24) is 5.32 Å². The Morgan fingerprint density at radius 3 is 2.56 bits per heavy atom. The van der Waals surface area contributed by atoms with Gasteiger partial charge in [0.1, 0.15) is 0 Å². The summed E-state index contributed by atoms with van der Waals surface area (Å²) in [5, 5.41) is 3.87. The van der Waals surface area contributed by atoms with E-state index in [-0.39, 0.29) is 11.9 Å². The standard InChI is InChI=1S/C14H21NO2S/c1-11(18-3)9-15-10-13(14(16)17-2)12-7-5-4-6-8-12/h4-8,11,13,15H,9-10H2,1-3H3. The largest absolute Gasteiger partial charge is 0.469 e. The van der Waals surface area contributed by atoms with Gasteiger partial charge in [-0.25, -0.2) is 0 Å². The van der Waals surface area contributed by atoms with E-state index < -0.39 is 0 Å². The first kappa shape index (κ1) is 15.1. The highest BCUT2D eigenvalue weighted by atomic mass is 32.2. The highest BCUT2D eigenvalue weighted by Crippen LogP contribution is 2.16. The van der Waals surface area contributed by atoms with Crippen molar-refractivity contribution in [2.45, 2.75) is 18.1 Å². The number of esters is 1. The van der Waals surface area contributed by atoms with Crippen LogP contribution in [0.2, 0.25) is 0 Å². The molecule has 2 atom stereocenters. The van der Waals surface area contributed by atoms with E-state index in [0.29, 0.717) is 11.8 Å². The average Bonchev–Trinajstić information content (AvgIpc) is 2.43. The monoisotopic (exact) mass is 267 g/mol. The summed E-state index contributed by atoms with van der Waals surface area (Å²) < 4.78 is 4.87. The zero-order valence-corrected chi connectivity index (χ0v) is 12.0. The lowest BCUT2D eigenvalue weighted by atomic mass is 9.99. The molecule has 0 bridgehead atoms. The molecule has 100 valence electrons. The molecule has 0 radical (unpaired) electrons. The van der Waals surface area contributed by atoms with Crippen LogP contribution in [0, 0.1) is 0 Å². The second kappa shape index (κ2) is 8.16. The molecule has 0 saturated carbocycles. The Morgan fingerprint density at radius 1 is 1.33 bits per heavy atom. The van der Waals surface area contributed by atoms with E-state index in [9.17, 15) is 4.79 Å². The van der Waals surface area contributed by atoms with Crippen molar-refractivity contribution in [2.24, 2.45) is 0 Å². The molecule has 0 aromatic heterocycles. The molecule has 0 aliphatic heterocycles. The Morgan fingerprint density at radius 2 is 2.00 bits per heavy atom. The third-order valence-corrected chi connectivity index (χ3v) is 3.84. The summed E-state index contributed by atoms with van der Waals surface area (Å²) in [7, 11) is 1.43. The minimum Gasteiger partial charge on any atom is -0.469 e. The van der Waals surface area contributed by atoms with Crippen LogP contribution in [0.1, 0.15) is 18.4 Å². The van der Waals surface area contributed by atoms with E-state index in [1.807, 2.05) is 42.1 Å². The van der Waals surface area contributed by atoms with Gasteiger partial charge in [0.05, 0.1) is 13.0 Å². The van der Waals surface area contributed by atoms with Crippen molar-refractivity contribution in [3.63, 3.8) is 0 Å². The molecule has 4 heteroatoms. The molecule has 0 fully saturated rings. The molecule has 18 heavy (non-hydrogen) atoms. The van der Waals surface area contributed by atoms with E-state index in [1.54, 1.807) is 0 Å². The lowest BCUT2D eigenvalue weighted by Crippen LogP contribution is -2.31. The van der Waals surface area contributed by atoms with Crippen LogP contribution in [0.25, 0.3) is 0 Å². The number of carbonyl (C=O) groups excluding carboxylic acids is 1. The van der Waals surface area contributed by atoms with E-state index in [1.165, 1.54) is 7.11 Å². The number of carbonyl (C=O) groups is 1. The Balaban J connectivity index is 2.60. The van der Waals surface area contributed by atoms with Crippen LogP contribution in [0.15, 0.2) is 30.3 Å². The normalized spacial score (nSPS) is 13.9. The van der Waals surface area contributed by atoms with E-state index in [2.05, 4.69) is 18.5 Å². The predicted octanol–water partition coefficient (Wildman–Crippen LogP) is 2.28. The minimum absolute atomic E-state index is 0.189. The summed E-state index contributed by atoms with van der Waals surface area (Å²) in [5.41, 5.74) is 0.994. The summed E-state index contributed by atoms with van der Waals surface area (Å²) in [6.45, 7) is 3.66. The first-order valence-electron chi connectivity index (χ1n) is 6.05. The number of rotatable bonds is 7. The van der Waals surface area contributed by atoms with E-state index in [4.69, 9.17) is 4.74 Å². The molecule has 0 saturated heterocycles. The Kier molecular flexibility index (Phi) is 6.83. The van der Waals surface area contributed by atoms with Gasteiger partial charge in [0, 0.05) is 18.3 Å². The van der Waals surface area contributed by atoms with Gasteiger partial charge in [-0.3, -0.25) is 4.79 Å². The Hall–Kier alpha value is -1.00. The molecule has 1 N–H and O–H groups in total. The van der Waals surface area contributed by atoms with E-state index in [0.717, 1.165) is 12.1 Å². The first-order valence-corrected chi connectivity index (χ1v) is 7.34. The summed E-state index contributed by atoms with van der Waals surface area (Å²) in [6, 6.07) is 9.75. The molecule has 1 aromatic rings. The summed E-state index contributed by atoms with van der Waals surface area (Å²) >= 11 is 1.81. The zero-order valence-electron chi connectivity index (χ0n) is 11.2. The Labute approximate surface area is 113 Å². The number of benzene rings is 1. The number of methoxy groups -OCH3 is 1. The lowest BCUT2D eigenvalue weighted by Gasteiger charge is -2.17. The third kappa shape index (κ3) is 4.70. The molecule has 0 aliphatic carbocycles. The fourth-order valence-electron chi connectivity index (χ4n) is 1.68. The van der Waals surface area contributed by atoms with Crippen LogP contribution < -0.4 is 5.32 Å². The Bertz CT molecular complexity index is 356. The average molecular weight is 267 g/mol. The fourth-order valence-corrected chi connectivity index (χ4v) is 1.96. The van der Waals surface area contributed by atoms with Crippen molar-refractivity contribution in [2.75, 3.05) is 26.5 Å². The SMILES string of the molecule is COC(=O)C(CNCC(C)SC)c1ccccc1. The van der Waals surface area contributed by atoms with Crippen LogP contribution in [0.3, 0.4) is 0 Å². The molecule has 2 unspecified atom stereocenters. The zero-order chi connectivity index (χ0) is 13.4. The smallest absolute Gasteiger partial charge is 0.314 e. The quantitative estimate of drug-likeness (QED) is 0.769. The maximum Gasteiger partial charge on any atom is 0.314 e. The highest BCUT2D eigenvalue weighted by Gasteiger charge is 2.20. The van der Waals surface area contributed by atoms with Crippen molar-refractivity contribution in [3.8, 4) is 0 Å².